The van der Waals surface area contributed by atoms with Crippen molar-refractivity contribution < 1.29 is 19.4 Å². The second-order valence-corrected chi connectivity index (χ2v) is 11.6. The van der Waals surface area contributed by atoms with E-state index in [4.69, 9.17) is 9.47 Å². The van der Waals surface area contributed by atoms with Crippen molar-refractivity contribution in [1.29, 1.82) is 0 Å². The van der Waals surface area contributed by atoms with Crippen LogP contribution in [-0.4, -0.2) is 69.1 Å². The minimum Gasteiger partial charge on any atom is -0.493 e. The lowest BCUT2D eigenvalue weighted by molar-refractivity contribution is -0.0580. The molecule has 2 unspecified atom stereocenters. The first-order chi connectivity index (χ1) is 17.9. The molecule has 1 aromatic rings. The van der Waals surface area contributed by atoms with Gasteiger partial charge in [0.2, 0.25) is 0 Å². The van der Waals surface area contributed by atoms with Crippen LogP contribution in [0.2, 0.25) is 0 Å². The number of likely N-dealkylation sites (N-methyl/N-ethyl adjacent to an activating group) is 1. The molecule has 2 amide bonds. The van der Waals surface area contributed by atoms with E-state index in [2.05, 4.69) is 24.5 Å². The molecule has 3 rings (SSSR count). The summed E-state index contributed by atoms with van der Waals surface area (Å²) >= 11 is 0. The van der Waals surface area contributed by atoms with Gasteiger partial charge in [0.1, 0.15) is 5.75 Å². The average molecular weight is 518 g/mol. The number of para-hydroxylation sites is 1. The molecule has 1 saturated heterocycles. The Morgan fingerprint density at radius 2 is 1.97 bits per heavy atom. The molecule has 0 radical (unpaired) electrons. The first-order valence-corrected chi connectivity index (χ1v) is 14.5. The number of benzene rings is 1. The van der Waals surface area contributed by atoms with Crippen molar-refractivity contribution in [2.45, 2.75) is 83.3 Å². The van der Waals surface area contributed by atoms with E-state index >= 15 is 0 Å². The Morgan fingerprint density at radius 3 is 2.68 bits per heavy atom. The van der Waals surface area contributed by atoms with Crippen LogP contribution in [0.1, 0.15) is 77.2 Å². The molecule has 1 aromatic carbocycles. The van der Waals surface area contributed by atoms with Gasteiger partial charge in [0.05, 0.1) is 12.2 Å². The zero-order chi connectivity index (χ0) is 26.7. The normalized spacial score (nSPS) is 20.5. The number of hydrogen-bond donors (Lipinski definition) is 3. The maximum absolute atomic E-state index is 13.3. The van der Waals surface area contributed by atoms with Gasteiger partial charge in [0, 0.05) is 50.9 Å². The number of urea groups is 1. The minimum atomic E-state index is -1.06. The number of rotatable bonds is 16. The van der Waals surface area contributed by atoms with E-state index in [0.29, 0.717) is 32.1 Å². The third-order valence-corrected chi connectivity index (χ3v) is 7.91. The Labute approximate surface area is 224 Å². The van der Waals surface area contributed by atoms with Crippen molar-refractivity contribution in [2.75, 3.05) is 47.0 Å². The van der Waals surface area contributed by atoms with E-state index < -0.39 is 5.60 Å². The fraction of sp³-hybridized carbons (Fsp3) is 0.767. The van der Waals surface area contributed by atoms with Crippen molar-refractivity contribution in [2.24, 2.45) is 17.8 Å². The maximum Gasteiger partial charge on any atom is 0.317 e. The number of nitrogens with zero attached hydrogens (tertiary/aromatic N) is 1. The standard InChI is InChI=1S/C30H51N3O4/c1-23(2)20-26(21-31-3)32-29(34)33-17-9-10-25(22-33)30(35,16-7-8-18-36-4)27-11-5-6-12-28(27)37-19-15-24-13-14-24/h5-6,11-12,23-26,31,35H,7-10,13-22H2,1-4H3,(H,32,34)/t25-,26?,30?/m1/s1. The molecule has 7 heteroatoms. The van der Waals surface area contributed by atoms with Crippen LogP contribution in [-0.2, 0) is 10.3 Å². The van der Waals surface area contributed by atoms with E-state index in [1.165, 1.54) is 12.8 Å². The second-order valence-electron chi connectivity index (χ2n) is 11.6. The van der Waals surface area contributed by atoms with E-state index in [1.54, 1.807) is 7.11 Å². The molecular weight excluding hydrogens is 466 g/mol. The van der Waals surface area contributed by atoms with Gasteiger partial charge in [0.25, 0.3) is 0 Å². The molecule has 210 valence electrons. The smallest absolute Gasteiger partial charge is 0.317 e. The Bertz CT molecular complexity index is 816. The van der Waals surface area contributed by atoms with E-state index in [-0.39, 0.29) is 18.0 Å². The quantitative estimate of drug-likeness (QED) is 0.271. The summed E-state index contributed by atoms with van der Waals surface area (Å²) in [6.45, 7) is 7.73. The topological polar surface area (TPSA) is 83.1 Å². The van der Waals surface area contributed by atoms with E-state index in [1.807, 2.05) is 36.2 Å². The van der Waals surface area contributed by atoms with E-state index in [9.17, 15) is 9.90 Å². The van der Waals surface area contributed by atoms with Crippen LogP contribution in [0, 0.1) is 17.8 Å². The van der Waals surface area contributed by atoms with Gasteiger partial charge in [-0.1, -0.05) is 44.9 Å². The summed E-state index contributed by atoms with van der Waals surface area (Å²) in [5.74, 6) is 2.02. The van der Waals surface area contributed by atoms with E-state index in [0.717, 1.165) is 68.8 Å². The first-order valence-electron chi connectivity index (χ1n) is 14.5. The number of aliphatic hydroxyl groups is 1. The van der Waals surface area contributed by atoms with Crippen molar-refractivity contribution in [3.63, 3.8) is 0 Å². The van der Waals surface area contributed by atoms with Gasteiger partial charge in [0.15, 0.2) is 0 Å². The summed E-state index contributed by atoms with van der Waals surface area (Å²) in [5, 5.41) is 18.9. The van der Waals surface area contributed by atoms with Crippen LogP contribution in [0.4, 0.5) is 4.79 Å². The third-order valence-electron chi connectivity index (χ3n) is 7.91. The van der Waals surface area contributed by atoms with Gasteiger partial charge in [-0.05, 0) is 69.9 Å². The molecule has 2 fully saturated rings. The lowest BCUT2D eigenvalue weighted by Gasteiger charge is -2.43. The summed E-state index contributed by atoms with van der Waals surface area (Å²) in [5.41, 5.74) is -0.200. The monoisotopic (exact) mass is 517 g/mol. The number of hydrogen-bond acceptors (Lipinski definition) is 5. The minimum absolute atomic E-state index is 0.0266. The van der Waals surface area contributed by atoms with Gasteiger partial charge < -0.3 is 30.1 Å². The summed E-state index contributed by atoms with van der Waals surface area (Å²) in [6.07, 6.45) is 8.73. The fourth-order valence-corrected chi connectivity index (χ4v) is 5.72. The average Bonchev–Trinajstić information content (AvgIpc) is 3.71. The number of methoxy groups -OCH3 is 1. The molecule has 1 heterocycles. The maximum atomic E-state index is 13.3. The molecule has 1 saturated carbocycles. The van der Waals surface area contributed by atoms with Gasteiger partial charge >= 0.3 is 6.03 Å². The number of ether oxygens (including phenoxy) is 2. The van der Waals surface area contributed by atoms with Crippen molar-refractivity contribution in [1.82, 2.24) is 15.5 Å². The number of unbranched alkanes of at least 4 members (excludes halogenated alkanes) is 1. The predicted molar refractivity (Wildman–Crippen MR) is 149 cm³/mol. The highest BCUT2D eigenvalue weighted by molar-refractivity contribution is 5.74. The highest BCUT2D eigenvalue weighted by atomic mass is 16.5. The fourth-order valence-electron chi connectivity index (χ4n) is 5.72. The molecule has 7 nitrogen and oxygen atoms in total. The van der Waals surface area contributed by atoms with Gasteiger partial charge in [-0.25, -0.2) is 4.79 Å². The predicted octanol–water partition coefficient (Wildman–Crippen LogP) is 4.93. The van der Waals surface area contributed by atoms with Crippen LogP contribution in [0.15, 0.2) is 24.3 Å². The third kappa shape index (κ3) is 9.15. The number of nitrogens with one attached hydrogen (secondary N) is 2. The van der Waals surface area contributed by atoms with Crippen molar-refractivity contribution >= 4 is 6.03 Å². The highest BCUT2D eigenvalue weighted by Gasteiger charge is 2.43. The molecule has 3 N–H and O–H groups in total. The number of amides is 2. The molecule has 0 bridgehead atoms. The van der Waals surface area contributed by atoms with Gasteiger partial charge in [-0.15, -0.1) is 0 Å². The lowest BCUT2D eigenvalue weighted by Crippen LogP contribution is -2.54. The molecule has 37 heavy (non-hydrogen) atoms. The summed E-state index contributed by atoms with van der Waals surface area (Å²) < 4.78 is 11.5. The molecule has 3 atom stereocenters. The van der Waals surface area contributed by atoms with Crippen LogP contribution < -0.4 is 15.4 Å². The number of likely N-dealkylation sites (tertiary alicyclic amines) is 1. The SMILES string of the molecule is CNCC(CC(C)C)NC(=O)N1CCC[C@@H](C(O)(CCCCOC)c2ccccc2OCCC2CC2)C1. The molecule has 0 aromatic heterocycles. The Kier molecular flexibility index (Phi) is 12.0. The zero-order valence-electron chi connectivity index (χ0n) is 23.6. The largest absolute Gasteiger partial charge is 0.493 e. The molecular formula is C30H51N3O4. The molecule has 1 aliphatic carbocycles. The highest BCUT2D eigenvalue weighted by Crippen LogP contribution is 2.43. The second kappa shape index (κ2) is 14.9. The number of piperidine rings is 1. The van der Waals surface area contributed by atoms with Crippen molar-refractivity contribution in [3.05, 3.63) is 29.8 Å². The Hall–Kier alpha value is -1.83. The first kappa shape index (κ1) is 29.7. The van der Waals surface area contributed by atoms with Crippen LogP contribution in [0.25, 0.3) is 0 Å². The van der Waals surface area contributed by atoms with Gasteiger partial charge in [-0.3, -0.25) is 0 Å². The number of carbonyl (C=O) groups excluding carboxylic acids is 1. The lowest BCUT2D eigenvalue weighted by atomic mass is 9.73. The zero-order valence-corrected chi connectivity index (χ0v) is 23.6. The summed E-state index contributed by atoms with van der Waals surface area (Å²) in [6, 6.07) is 8.05. The molecule has 1 aliphatic heterocycles. The van der Waals surface area contributed by atoms with Crippen LogP contribution in [0.5, 0.6) is 5.75 Å². The number of carbonyl (C=O) groups is 1. The van der Waals surface area contributed by atoms with Crippen LogP contribution in [0.3, 0.4) is 0 Å². The summed E-state index contributed by atoms with van der Waals surface area (Å²) in [4.78, 5) is 15.2. The Balaban J connectivity index is 1.76. The van der Waals surface area contributed by atoms with Crippen LogP contribution >= 0.6 is 0 Å². The molecule has 0 spiro atoms. The molecule has 2 aliphatic rings. The Morgan fingerprint density at radius 1 is 1.19 bits per heavy atom. The summed E-state index contributed by atoms with van der Waals surface area (Å²) in [7, 11) is 3.64. The van der Waals surface area contributed by atoms with Gasteiger partial charge in [-0.2, -0.15) is 0 Å². The van der Waals surface area contributed by atoms with Crippen molar-refractivity contribution in [3.8, 4) is 5.75 Å².